The predicted octanol–water partition coefficient (Wildman–Crippen LogP) is 2.09. The van der Waals surface area contributed by atoms with Gasteiger partial charge in [-0.05, 0) is 51.3 Å². The maximum absolute atomic E-state index is 12.6. The summed E-state index contributed by atoms with van der Waals surface area (Å²) in [5.41, 5.74) is 0. The van der Waals surface area contributed by atoms with Crippen molar-refractivity contribution in [2.75, 3.05) is 53.9 Å². The van der Waals surface area contributed by atoms with Gasteiger partial charge in [0.25, 0.3) is 0 Å². The zero-order valence-corrected chi connectivity index (χ0v) is 16.9. The lowest BCUT2D eigenvalue weighted by Gasteiger charge is -2.33. The molecule has 2 fully saturated rings. The van der Waals surface area contributed by atoms with E-state index in [1.54, 1.807) is 7.11 Å². The predicted molar refractivity (Wildman–Crippen MR) is 106 cm³/mol. The molecule has 150 valence electrons. The van der Waals surface area contributed by atoms with E-state index in [-0.39, 0.29) is 12.0 Å². The van der Waals surface area contributed by atoms with Crippen molar-refractivity contribution in [3.63, 3.8) is 0 Å². The number of methoxy groups -OCH3 is 1. The fourth-order valence-corrected chi connectivity index (χ4v) is 3.95. The first-order valence-electron chi connectivity index (χ1n) is 10.0. The van der Waals surface area contributed by atoms with Crippen LogP contribution in [-0.2, 0) is 4.79 Å². The molecule has 6 heteroatoms. The first kappa shape index (κ1) is 20.0. The molecule has 6 nitrogen and oxygen atoms in total. The van der Waals surface area contributed by atoms with Crippen molar-refractivity contribution < 1.29 is 14.3 Å². The molecule has 27 heavy (non-hydrogen) atoms. The molecule has 1 amide bonds. The fraction of sp³-hybridized carbons (Fsp3) is 0.667. The molecule has 2 heterocycles. The summed E-state index contributed by atoms with van der Waals surface area (Å²) in [4.78, 5) is 19.3. The summed E-state index contributed by atoms with van der Waals surface area (Å²) < 4.78 is 11.2. The summed E-state index contributed by atoms with van der Waals surface area (Å²) in [5, 5.41) is 0. The number of rotatable bonds is 7. The van der Waals surface area contributed by atoms with E-state index in [9.17, 15) is 4.79 Å². The van der Waals surface area contributed by atoms with Crippen LogP contribution in [0.25, 0.3) is 0 Å². The van der Waals surface area contributed by atoms with Gasteiger partial charge < -0.3 is 24.2 Å². The summed E-state index contributed by atoms with van der Waals surface area (Å²) >= 11 is 0. The van der Waals surface area contributed by atoms with Crippen molar-refractivity contribution in [1.82, 2.24) is 14.7 Å². The Hall–Kier alpha value is -1.79. The van der Waals surface area contributed by atoms with Crippen molar-refractivity contribution in [3.8, 4) is 11.5 Å². The van der Waals surface area contributed by atoms with Crippen LogP contribution in [-0.4, -0.2) is 86.7 Å². The monoisotopic (exact) mass is 375 g/mol. The molecule has 0 aromatic heterocycles. The Morgan fingerprint density at radius 2 is 1.78 bits per heavy atom. The van der Waals surface area contributed by atoms with Gasteiger partial charge in [0.1, 0.15) is 17.6 Å². The van der Waals surface area contributed by atoms with E-state index in [1.807, 2.05) is 29.2 Å². The van der Waals surface area contributed by atoms with Crippen LogP contribution in [0.2, 0.25) is 0 Å². The van der Waals surface area contributed by atoms with E-state index in [0.29, 0.717) is 12.5 Å². The molecule has 2 aliphatic heterocycles. The second-order valence-corrected chi connectivity index (χ2v) is 7.81. The van der Waals surface area contributed by atoms with Crippen LogP contribution < -0.4 is 9.47 Å². The third-order valence-corrected chi connectivity index (χ3v) is 5.83. The van der Waals surface area contributed by atoms with Gasteiger partial charge in [0, 0.05) is 51.5 Å². The van der Waals surface area contributed by atoms with Crippen molar-refractivity contribution in [2.24, 2.45) is 0 Å². The van der Waals surface area contributed by atoms with Crippen molar-refractivity contribution in [3.05, 3.63) is 24.3 Å². The smallest absolute Gasteiger partial charge is 0.223 e. The highest BCUT2D eigenvalue weighted by atomic mass is 16.5. The number of piperidine rings is 1. The minimum atomic E-state index is 0.180. The Bertz CT molecular complexity index is 599. The van der Waals surface area contributed by atoms with Gasteiger partial charge in [-0.2, -0.15) is 0 Å². The van der Waals surface area contributed by atoms with Crippen LogP contribution in [0.5, 0.6) is 11.5 Å². The molecule has 0 N–H and O–H groups in total. The number of benzene rings is 1. The van der Waals surface area contributed by atoms with Gasteiger partial charge in [0.05, 0.1) is 7.11 Å². The zero-order chi connectivity index (χ0) is 19.2. The van der Waals surface area contributed by atoms with Gasteiger partial charge in [-0.15, -0.1) is 0 Å². The Morgan fingerprint density at radius 3 is 2.37 bits per heavy atom. The van der Waals surface area contributed by atoms with E-state index in [2.05, 4.69) is 23.9 Å². The number of hydrogen-bond acceptors (Lipinski definition) is 5. The molecule has 1 unspecified atom stereocenters. The van der Waals surface area contributed by atoms with Crippen LogP contribution in [0.15, 0.2) is 24.3 Å². The van der Waals surface area contributed by atoms with Crippen LogP contribution in [0.1, 0.15) is 25.7 Å². The highest BCUT2D eigenvalue weighted by Gasteiger charge is 2.26. The third-order valence-electron chi connectivity index (χ3n) is 5.83. The lowest BCUT2D eigenvalue weighted by Crippen LogP contribution is -2.43. The molecule has 1 aromatic carbocycles. The SMILES string of the molecule is COc1ccc(OC2CCN(C(=O)CCN(C)C3CCN(C)C3)CC2)cc1. The van der Waals surface area contributed by atoms with Crippen LogP contribution in [0.4, 0.5) is 0 Å². The molecule has 0 spiro atoms. The quantitative estimate of drug-likeness (QED) is 0.730. The minimum absolute atomic E-state index is 0.180. The lowest BCUT2D eigenvalue weighted by atomic mass is 10.1. The number of amides is 1. The summed E-state index contributed by atoms with van der Waals surface area (Å²) in [6.07, 6.45) is 3.78. The maximum Gasteiger partial charge on any atom is 0.223 e. The Kier molecular flexibility index (Phi) is 6.96. The molecule has 0 saturated carbocycles. The number of ether oxygens (including phenoxy) is 2. The summed E-state index contributed by atoms with van der Waals surface area (Å²) in [6, 6.07) is 8.28. The van der Waals surface area contributed by atoms with E-state index >= 15 is 0 Å². The number of likely N-dealkylation sites (tertiary alicyclic amines) is 2. The molecule has 2 saturated heterocycles. The lowest BCUT2D eigenvalue weighted by molar-refractivity contribution is -0.133. The zero-order valence-electron chi connectivity index (χ0n) is 16.9. The summed E-state index contributed by atoms with van der Waals surface area (Å²) in [5.74, 6) is 1.97. The van der Waals surface area contributed by atoms with E-state index in [0.717, 1.165) is 57.1 Å². The number of carbonyl (C=O) groups excluding carboxylic acids is 1. The fourth-order valence-electron chi connectivity index (χ4n) is 3.95. The third kappa shape index (κ3) is 5.59. The highest BCUT2D eigenvalue weighted by molar-refractivity contribution is 5.76. The summed E-state index contributed by atoms with van der Waals surface area (Å²) in [7, 11) is 5.97. The molecule has 1 atom stereocenters. The standard InChI is InChI=1S/C21H33N3O3/c1-22-12-8-17(16-22)23(2)13-11-21(25)24-14-9-20(10-15-24)27-19-6-4-18(26-3)5-7-19/h4-7,17,20H,8-16H2,1-3H3. The van der Waals surface area contributed by atoms with Gasteiger partial charge in [-0.3, -0.25) is 4.79 Å². The van der Waals surface area contributed by atoms with Crippen molar-refractivity contribution >= 4 is 5.91 Å². The Morgan fingerprint density at radius 1 is 1.11 bits per heavy atom. The first-order chi connectivity index (χ1) is 13.0. The number of carbonyl (C=O) groups is 1. The van der Waals surface area contributed by atoms with Crippen LogP contribution in [0, 0.1) is 0 Å². The van der Waals surface area contributed by atoms with E-state index in [1.165, 1.54) is 6.42 Å². The topological polar surface area (TPSA) is 45.3 Å². The maximum atomic E-state index is 12.6. The van der Waals surface area contributed by atoms with Gasteiger partial charge in [0.2, 0.25) is 5.91 Å². The van der Waals surface area contributed by atoms with Crippen LogP contribution in [0.3, 0.4) is 0 Å². The molecule has 3 rings (SSSR count). The number of likely N-dealkylation sites (N-methyl/N-ethyl adjacent to an activating group) is 2. The van der Waals surface area contributed by atoms with E-state index in [4.69, 9.17) is 9.47 Å². The van der Waals surface area contributed by atoms with Gasteiger partial charge in [-0.25, -0.2) is 0 Å². The van der Waals surface area contributed by atoms with Gasteiger partial charge >= 0.3 is 0 Å². The van der Waals surface area contributed by atoms with Crippen molar-refractivity contribution in [1.29, 1.82) is 0 Å². The molecular weight excluding hydrogens is 342 g/mol. The highest BCUT2D eigenvalue weighted by Crippen LogP contribution is 2.22. The molecule has 0 radical (unpaired) electrons. The van der Waals surface area contributed by atoms with Gasteiger partial charge in [0.15, 0.2) is 0 Å². The number of hydrogen-bond donors (Lipinski definition) is 0. The average molecular weight is 376 g/mol. The molecule has 0 bridgehead atoms. The van der Waals surface area contributed by atoms with Crippen LogP contribution >= 0.6 is 0 Å². The average Bonchev–Trinajstić information content (AvgIpc) is 3.13. The van der Waals surface area contributed by atoms with Gasteiger partial charge in [-0.1, -0.05) is 0 Å². The first-order valence-corrected chi connectivity index (χ1v) is 10.0. The normalized spacial score (nSPS) is 21.6. The minimum Gasteiger partial charge on any atom is -0.497 e. The molecular formula is C21H33N3O3. The molecule has 0 aliphatic carbocycles. The molecule has 2 aliphatic rings. The second-order valence-electron chi connectivity index (χ2n) is 7.81. The summed E-state index contributed by atoms with van der Waals surface area (Å²) in [6.45, 7) is 4.69. The largest absolute Gasteiger partial charge is 0.497 e. The van der Waals surface area contributed by atoms with E-state index < -0.39 is 0 Å². The Balaban J connectivity index is 1.37. The van der Waals surface area contributed by atoms with Crippen molar-refractivity contribution in [2.45, 2.75) is 37.8 Å². The molecule has 1 aromatic rings. The number of nitrogens with zero attached hydrogens (tertiary/aromatic N) is 3. The second kappa shape index (κ2) is 9.42. The Labute approximate surface area is 163 Å².